The van der Waals surface area contributed by atoms with Crippen molar-refractivity contribution in [2.75, 3.05) is 12.4 Å². The maximum Gasteiger partial charge on any atom is 0.332 e. The third-order valence-corrected chi connectivity index (χ3v) is 4.13. The van der Waals surface area contributed by atoms with E-state index in [4.69, 9.17) is 4.74 Å². The minimum atomic E-state index is -0.561. The normalized spacial score (nSPS) is 10.6. The molecule has 0 aliphatic carbocycles. The van der Waals surface area contributed by atoms with Crippen LogP contribution in [0.4, 0.5) is 5.69 Å². The molecule has 0 unspecified atom stereocenters. The topological polar surface area (TPSA) is 82.3 Å². The fourth-order valence-corrected chi connectivity index (χ4v) is 2.90. The zero-order valence-electron chi connectivity index (χ0n) is 14.8. The molecule has 1 heterocycles. The molecule has 7 heteroatoms. The van der Waals surface area contributed by atoms with E-state index < -0.39 is 17.2 Å². The maximum atomic E-state index is 12.8. The monoisotopic (exact) mass is 365 g/mol. The predicted molar refractivity (Wildman–Crippen MR) is 104 cm³/mol. The lowest BCUT2D eigenvalue weighted by atomic mass is 10.2. The van der Waals surface area contributed by atoms with Crippen molar-refractivity contribution in [3.8, 4) is 5.75 Å². The quantitative estimate of drug-likeness (QED) is 0.678. The Hall–Kier alpha value is -3.61. The molecule has 0 saturated heterocycles. The lowest BCUT2D eigenvalue weighted by Gasteiger charge is -2.14. The van der Waals surface area contributed by atoms with Gasteiger partial charge in [0.15, 0.2) is 0 Å². The number of fused-ring (bicyclic) bond motifs is 1. The Morgan fingerprint density at radius 2 is 1.81 bits per heavy atom. The molecule has 27 heavy (non-hydrogen) atoms. The van der Waals surface area contributed by atoms with E-state index in [0.29, 0.717) is 22.3 Å². The van der Waals surface area contributed by atoms with E-state index in [1.54, 1.807) is 48.5 Å². The van der Waals surface area contributed by atoms with E-state index >= 15 is 0 Å². The maximum absolute atomic E-state index is 12.8. The van der Waals surface area contributed by atoms with Gasteiger partial charge in [-0.3, -0.25) is 18.7 Å². The first-order valence-corrected chi connectivity index (χ1v) is 8.33. The Morgan fingerprint density at radius 1 is 1.11 bits per heavy atom. The Bertz CT molecular complexity index is 1130. The van der Waals surface area contributed by atoms with Crippen LogP contribution >= 0.6 is 0 Å². The van der Waals surface area contributed by atoms with Crippen LogP contribution in [0.15, 0.2) is 70.8 Å². The Kier molecular flexibility index (Phi) is 5.21. The smallest absolute Gasteiger partial charge is 0.332 e. The highest BCUT2D eigenvalue weighted by Crippen LogP contribution is 2.23. The molecule has 0 aliphatic heterocycles. The number of aromatic nitrogens is 2. The number of benzene rings is 2. The number of hydrogen-bond donors (Lipinski definition) is 1. The second-order valence-electron chi connectivity index (χ2n) is 5.84. The summed E-state index contributed by atoms with van der Waals surface area (Å²) in [5.74, 6) is 0.107. The first-order chi connectivity index (χ1) is 13.1. The van der Waals surface area contributed by atoms with Gasteiger partial charge in [0, 0.05) is 6.54 Å². The molecule has 1 amide bonds. The average Bonchev–Trinajstić information content (AvgIpc) is 2.69. The summed E-state index contributed by atoms with van der Waals surface area (Å²) in [6, 6.07) is 13.7. The lowest BCUT2D eigenvalue weighted by molar-refractivity contribution is -0.116. The molecular formula is C20H19N3O4. The first-order valence-electron chi connectivity index (χ1n) is 8.33. The zero-order chi connectivity index (χ0) is 19.4. The number of nitrogens with zero attached hydrogens (tertiary/aromatic N) is 2. The number of anilines is 1. The SMILES string of the molecule is C=CCn1c(=O)c2ccccc2n(CC(=O)Nc2ccccc2OC)c1=O. The number of carbonyl (C=O) groups excluding carboxylic acids is 1. The number of rotatable bonds is 6. The molecule has 2 aromatic carbocycles. The summed E-state index contributed by atoms with van der Waals surface area (Å²) in [7, 11) is 1.51. The summed E-state index contributed by atoms with van der Waals surface area (Å²) in [6.45, 7) is 3.41. The van der Waals surface area contributed by atoms with Crippen LogP contribution < -0.4 is 21.3 Å². The van der Waals surface area contributed by atoms with Crippen LogP contribution in [0, 0.1) is 0 Å². The van der Waals surface area contributed by atoms with Gasteiger partial charge in [-0.1, -0.05) is 30.3 Å². The first kappa shape index (κ1) is 18.2. The van der Waals surface area contributed by atoms with Crippen molar-refractivity contribution in [3.63, 3.8) is 0 Å². The van der Waals surface area contributed by atoms with Crippen LogP contribution in [0.1, 0.15) is 0 Å². The highest BCUT2D eigenvalue weighted by atomic mass is 16.5. The minimum absolute atomic E-state index is 0.0661. The standard InChI is InChI=1S/C20H19N3O4/c1-3-12-22-19(25)14-8-4-6-10-16(14)23(20(22)26)13-18(24)21-15-9-5-7-11-17(15)27-2/h3-11H,1,12-13H2,2H3,(H,21,24). The Balaban J connectivity index is 2.04. The van der Waals surface area contributed by atoms with Gasteiger partial charge >= 0.3 is 5.69 Å². The van der Waals surface area contributed by atoms with Crippen molar-refractivity contribution < 1.29 is 9.53 Å². The minimum Gasteiger partial charge on any atom is -0.495 e. The Labute approximate surface area is 155 Å². The number of ether oxygens (including phenoxy) is 1. The van der Waals surface area contributed by atoms with Crippen molar-refractivity contribution in [3.05, 3.63) is 82.0 Å². The van der Waals surface area contributed by atoms with E-state index in [1.165, 1.54) is 17.8 Å². The van der Waals surface area contributed by atoms with Gasteiger partial charge in [-0.2, -0.15) is 0 Å². The van der Waals surface area contributed by atoms with E-state index in [1.807, 2.05) is 0 Å². The number of carbonyl (C=O) groups is 1. The summed E-state index contributed by atoms with van der Waals surface area (Å²) >= 11 is 0. The third kappa shape index (κ3) is 3.52. The Morgan fingerprint density at radius 3 is 2.56 bits per heavy atom. The van der Waals surface area contributed by atoms with Crippen LogP contribution in [0.3, 0.4) is 0 Å². The average molecular weight is 365 g/mol. The van der Waals surface area contributed by atoms with Gasteiger partial charge in [0.1, 0.15) is 12.3 Å². The van der Waals surface area contributed by atoms with Crippen LogP contribution in [-0.2, 0) is 17.9 Å². The van der Waals surface area contributed by atoms with E-state index in [9.17, 15) is 14.4 Å². The molecule has 7 nitrogen and oxygen atoms in total. The number of methoxy groups -OCH3 is 1. The number of para-hydroxylation sites is 3. The molecule has 138 valence electrons. The van der Waals surface area contributed by atoms with Gasteiger partial charge in [-0.25, -0.2) is 4.79 Å². The lowest BCUT2D eigenvalue weighted by Crippen LogP contribution is -2.41. The molecule has 0 atom stereocenters. The van der Waals surface area contributed by atoms with Gasteiger partial charge in [0.25, 0.3) is 5.56 Å². The van der Waals surface area contributed by atoms with Gasteiger partial charge in [-0.05, 0) is 24.3 Å². The van der Waals surface area contributed by atoms with E-state index in [2.05, 4.69) is 11.9 Å². The van der Waals surface area contributed by atoms with Gasteiger partial charge in [0.2, 0.25) is 5.91 Å². The fraction of sp³-hybridized carbons (Fsp3) is 0.150. The summed E-state index contributed by atoms with van der Waals surface area (Å²) in [5, 5.41) is 3.10. The van der Waals surface area contributed by atoms with Gasteiger partial charge < -0.3 is 10.1 Å². The summed E-state index contributed by atoms with van der Waals surface area (Å²) in [5.41, 5.74) is -0.0598. The van der Waals surface area contributed by atoms with E-state index in [0.717, 1.165) is 4.57 Å². The van der Waals surface area contributed by atoms with Gasteiger partial charge in [-0.15, -0.1) is 6.58 Å². The molecule has 1 aromatic heterocycles. The molecule has 0 spiro atoms. The number of nitrogens with one attached hydrogen (secondary N) is 1. The molecule has 0 radical (unpaired) electrons. The highest BCUT2D eigenvalue weighted by molar-refractivity contribution is 5.93. The van der Waals surface area contributed by atoms with Crippen LogP contribution in [0.5, 0.6) is 5.75 Å². The van der Waals surface area contributed by atoms with Crippen molar-refractivity contribution in [2.24, 2.45) is 0 Å². The fourth-order valence-electron chi connectivity index (χ4n) is 2.90. The summed E-state index contributed by atoms with van der Waals surface area (Å²) < 4.78 is 7.56. The van der Waals surface area contributed by atoms with Crippen LogP contribution in [0.25, 0.3) is 10.9 Å². The molecular weight excluding hydrogens is 346 g/mol. The van der Waals surface area contributed by atoms with Crippen LogP contribution in [0.2, 0.25) is 0 Å². The number of hydrogen-bond acceptors (Lipinski definition) is 4. The molecule has 1 N–H and O–H groups in total. The summed E-state index contributed by atoms with van der Waals surface area (Å²) in [6.07, 6.45) is 1.47. The molecule has 0 saturated carbocycles. The molecule has 3 aromatic rings. The number of allylic oxidation sites excluding steroid dienone is 1. The predicted octanol–water partition coefficient (Wildman–Crippen LogP) is 2.00. The van der Waals surface area contributed by atoms with Crippen LogP contribution in [-0.4, -0.2) is 22.2 Å². The van der Waals surface area contributed by atoms with Crippen molar-refractivity contribution in [2.45, 2.75) is 13.1 Å². The number of amides is 1. The molecule has 0 bridgehead atoms. The largest absolute Gasteiger partial charge is 0.495 e. The van der Waals surface area contributed by atoms with E-state index in [-0.39, 0.29) is 13.1 Å². The highest BCUT2D eigenvalue weighted by Gasteiger charge is 2.15. The molecule has 0 aliphatic rings. The molecule has 3 rings (SSSR count). The van der Waals surface area contributed by atoms with Crippen molar-refractivity contribution in [1.29, 1.82) is 0 Å². The van der Waals surface area contributed by atoms with Crippen molar-refractivity contribution >= 4 is 22.5 Å². The van der Waals surface area contributed by atoms with Crippen molar-refractivity contribution in [1.82, 2.24) is 9.13 Å². The molecule has 0 fully saturated rings. The van der Waals surface area contributed by atoms with Gasteiger partial charge in [0.05, 0.1) is 23.7 Å². The second-order valence-corrected chi connectivity index (χ2v) is 5.84. The summed E-state index contributed by atoms with van der Waals surface area (Å²) in [4.78, 5) is 37.9. The second kappa shape index (κ2) is 7.74. The zero-order valence-corrected chi connectivity index (χ0v) is 14.8. The third-order valence-electron chi connectivity index (χ3n) is 4.13.